The van der Waals surface area contributed by atoms with E-state index in [9.17, 15) is 9.46 Å². The molecule has 1 N–H and O–H groups in total. The van der Waals surface area contributed by atoms with Crippen molar-refractivity contribution in [1.29, 1.82) is 0 Å². The number of hydrogen-bond donors (Lipinski definition) is 1. The molecule has 0 aliphatic rings. The quantitative estimate of drug-likeness (QED) is 0.0416. The van der Waals surface area contributed by atoms with Gasteiger partial charge in [0, 0.05) is 20.1 Å². The van der Waals surface area contributed by atoms with Gasteiger partial charge in [-0.2, -0.15) is 0 Å². The van der Waals surface area contributed by atoms with Crippen molar-refractivity contribution in [2.45, 2.75) is 148 Å². The Bertz CT molecular complexity index is 608. The van der Waals surface area contributed by atoms with Crippen LogP contribution in [0.25, 0.3) is 0 Å². The first-order chi connectivity index (χ1) is 18.7. The number of quaternary nitrogens is 1. The predicted molar refractivity (Wildman–Crippen MR) is 167 cm³/mol. The number of ether oxygens (including phenoxy) is 2. The summed E-state index contributed by atoms with van der Waals surface area (Å²) in [6, 6.07) is 0. The van der Waals surface area contributed by atoms with E-state index in [1.165, 1.54) is 109 Å². The van der Waals surface area contributed by atoms with E-state index in [1.807, 2.05) is 28.1 Å². The first-order valence-electron chi connectivity index (χ1n) is 16.2. The third-order valence-corrected chi connectivity index (χ3v) is 9.85. The van der Waals surface area contributed by atoms with Crippen molar-refractivity contribution in [1.82, 2.24) is 0 Å². The molecule has 0 aromatic rings. The predicted octanol–water partition coefficient (Wildman–Crippen LogP) is 9.26. The fraction of sp³-hybridized carbons (Fsp3) is 0.938. The highest BCUT2D eigenvalue weighted by Gasteiger charge is 2.41. The van der Waals surface area contributed by atoms with Gasteiger partial charge in [-0.15, -0.1) is 0 Å². The normalized spacial score (nSPS) is 15.6. The van der Waals surface area contributed by atoms with E-state index >= 15 is 0 Å². The van der Waals surface area contributed by atoms with E-state index in [0.717, 1.165) is 6.42 Å². The molecule has 234 valence electrons. The molecular weight excluding hydrogens is 509 g/mol. The Balaban J connectivity index is 3.57. The highest BCUT2D eigenvalue weighted by Crippen LogP contribution is 2.51. The zero-order chi connectivity index (χ0) is 29.2. The van der Waals surface area contributed by atoms with Gasteiger partial charge in [0.1, 0.15) is 6.10 Å². The molecule has 0 aliphatic carbocycles. The fourth-order valence-corrected chi connectivity index (χ4v) is 6.94. The highest BCUT2D eigenvalue weighted by atomic mass is 31.2. The summed E-state index contributed by atoms with van der Waals surface area (Å²) in [6.45, 7) is 5.33. The number of allylic oxidation sites excluding steroid dienone is 2. The third-order valence-electron chi connectivity index (χ3n) is 7.52. The highest BCUT2D eigenvalue weighted by molar-refractivity contribution is 7.53. The van der Waals surface area contributed by atoms with Gasteiger partial charge in [-0.05, 0) is 32.1 Å². The second-order valence-corrected chi connectivity index (χ2v) is 14.1. The number of rotatable bonds is 29. The lowest BCUT2D eigenvalue weighted by atomic mass is 10.1. The van der Waals surface area contributed by atoms with E-state index in [1.54, 1.807) is 7.11 Å². The van der Waals surface area contributed by atoms with E-state index in [2.05, 4.69) is 19.1 Å². The van der Waals surface area contributed by atoms with Crippen LogP contribution in [0.4, 0.5) is 0 Å². The van der Waals surface area contributed by atoms with Crippen LogP contribution >= 0.6 is 7.60 Å². The van der Waals surface area contributed by atoms with Crippen LogP contribution in [0.15, 0.2) is 12.2 Å². The van der Waals surface area contributed by atoms with Crippen LogP contribution in [0.5, 0.6) is 0 Å². The van der Waals surface area contributed by atoms with Gasteiger partial charge in [0.2, 0.25) is 0 Å². The smallest absolute Gasteiger partial charge is 0.379 e. The minimum absolute atomic E-state index is 0.0658. The van der Waals surface area contributed by atoms with E-state index in [-0.39, 0.29) is 12.7 Å². The van der Waals surface area contributed by atoms with Crippen molar-refractivity contribution < 1.29 is 27.9 Å². The van der Waals surface area contributed by atoms with Crippen molar-refractivity contribution in [2.75, 3.05) is 48.1 Å². The molecule has 6 nitrogen and oxygen atoms in total. The molecule has 3 atom stereocenters. The Morgan fingerprint density at radius 1 is 0.718 bits per heavy atom. The maximum atomic E-state index is 12.7. The van der Waals surface area contributed by atoms with Gasteiger partial charge in [0.25, 0.3) is 0 Å². The van der Waals surface area contributed by atoms with Crippen molar-refractivity contribution in [3.63, 3.8) is 0 Å². The summed E-state index contributed by atoms with van der Waals surface area (Å²) in [4.78, 5) is 10.4. The molecule has 0 rings (SSSR count). The number of unbranched alkanes of at least 4 members (excludes halogenated alkanes) is 16. The summed E-state index contributed by atoms with van der Waals surface area (Å²) < 4.78 is 29.7. The minimum atomic E-state index is -3.74. The van der Waals surface area contributed by atoms with Gasteiger partial charge in [-0.25, -0.2) is 0 Å². The van der Waals surface area contributed by atoms with Crippen molar-refractivity contribution in [2.24, 2.45) is 0 Å². The van der Waals surface area contributed by atoms with Crippen LogP contribution < -0.4 is 0 Å². The average Bonchev–Trinajstić information content (AvgIpc) is 2.88. The summed E-state index contributed by atoms with van der Waals surface area (Å²) in [7, 11) is 3.59. The fourth-order valence-electron chi connectivity index (χ4n) is 5.05. The number of methoxy groups -OCH3 is 1. The monoisotopic (exact) mass is 576 g/mol. The molecule has 0 spiro atoms. The molecule has 0 aromatic carbocycles. The minimum Gasteiger partial charge on any atom is -0.379 e. The molecule has 2 unspecified atom stereocenters. The first-order valence-corrected chi connectivity index (χ1v) is 17.9. The van der Waals surface area contributed by atoms with Crippen LogP contribution in [0.2, 0.25) is 0 Å². The SMILES string of the molecule is CCCCCCCCC/C=C\CCCCCCCCCCCOC[C@H](COP(=O)(O)C(CC)[N+](C)(C)C)OC. The lowest BCUT2D eigenvalue weighted by molar-refractivity contribution is -0.883. The maximum Gasteiger partial charge on any atom is 0.385 e. The molecule has 0 bridgehead atoms. The standard InChI is InChI=1S/C32H66NO5P/c1-7-9-10-11-12-13-14-15-16-17-18-19-20-21-22-23-24-25-26-27-28-37-29-31(36-6)30-38-39(34,35)32(8-2)33(3,4)5/h16-17,31-32H,7-15,18-30H2,1-6H3/p+1/b17-16-/t31-,32?/m1/s1. The van der Waals surface area contributed by atoms with Crippen molar-refractivity contribution in [3.8, 4) is 0 Å². The molecule has 0 saturated heterocycles. The maximum absolute atomic E-state index is 12.7. The van der Waals surface area contributed by atoms with Crippen LogP contribution in [0.1, 0.15) is 136 Å². The lowest BCUT2D eigenvalue weighted by Gasteiger charge is -2.35. The molecular formula is C32H67NO5P+. The molecule has 0 aromatic heterocycles. The van der Waals surface area contributed by atoms with Crippen LogP contribution in [0, 0.1) is 0 Å². The van der Waals surface area contributed by atoms with E-state index in [4.69, 9.17) is 14.0 Å². The molecule has 0 radical (unpaired) electrons. The summed E-state index contributed by atoms with van der Waals surface area (Å²) in [6.07, 6.45) is 28.9. The average molecular weight is 577 g/mol. The topological polar surface area (TPSA) is 65.0 Å². The molecule has 0 heterocycles. The van der Waals surface area contributed by atoms with E-state index in [0.29, 0.717) is 24.1 Å². The van der Waals surface area contributed by atoms with Gasteiger partial charge >= 0.3 is 7.60 Å². The first kappa shape index (κ1) is 38.8. The van der Waals surface area contributed by atoms with Crippen LogP contribution in [-0.4, -0.2) is 69.3 Å². The van der Waals surface area contributed by atoms with Gasteiger partial charge in [0.15, 0.2) is 5.78 Å². The van der Waals surface area contributed by atoms with E-state index < -0.39 is 13.4 Å². The van der Waals surface area contributed by atoms with Crippen LogP contribution in [0.3, 0.4) is 0 Å². The molecule has 0 aliphatic heterocycles. The molecule has 7 heteroatoms. The molecule has 0 saturated carbocycles. The Morgan fingerprint density at radius 2 is 1.18 bits per heavy atom. The molecule has 0 amide bonds. The summed E-state index contributed by atoms with van der Waals surface area (Å²) >= 11 is 0. The summed E-state index contributed by atoms with van der Waals surface area (Å²) in [5.74, 6) is -0.456. The largest absolute Gasteiger partial charge is 0.385 e. The number of hydrogen-bond acceptors (Lipinski definition) is 4. The van der Waals surface area contributed by atoms with Gasteiger partial charge < -0.3 is 23.4 Å². The lowest BCUT2D eigenvalue weighted by Crippen LogP contribution is -2.45. The third kappa shape index (κ3) is 23.1. The second kappa shape index (κ2) is 25.5. The van der Waals surface area contributed by atoms with Gasteiger partial charge in [0.05, 0.1) is 34.4 Å². The molecule has 0 fully saturated rings. The van der Waals surface area contributed by atoms with Gasteiger partial charge in [-0.3, -0.25) is 4.57 Å². The zero-order valence-corrected chi connectivity index (χ0v) is 27.7. The number of nitrogens with zero attached hydrogens (tertiary/aromatic N) is 1. The van der Waals surface area contributed by atoms with Crippen molar-refractivity contribution in [3.05, 3.63) is 12.2 Å². The van der Waals surface area contributed by atoms with Gasteiger partial charge in [-0.1, -0.05) is 109 Å². The Hall–Kier alpha value is -0.230. The van der Waals surface area contributed by atoms with Crippen molar-refractivity contribution >= 4 is 7.60 Å². The van der Waals surface area contributed by atoms with Crippen LogP contribution in [-0.2, 0) is 18.6 Å². The Labute approximate surface area is 243 Å². The summed E-state index contributed by atoms with van der Waals surface area (Å²) in [5, 5.41) is 0. The summed E-state index contributed by atoms with van der Waals surface area (Å²) in [5.41, 5.74) is 0. The Kier molecular flexibility index (Phi) is 25.3. The second-order valence-electron chi connectivity index (χ2n) is 12.1. The zero-order valence-electron chi connectivity index (χ0n) is 26.8. The Morgan fingerprint density at radius 3 is 1.62 bits per heavy atom. The molecule has 39 heavy (non-hydrogen) atoms.